The van der Waals surface area contributed by atoms with E-state index in [2.05, 4.69) is 76.3 Å². The highest BCUT2D eigenvalue weighted by Crippen LogP contribution is 2.34. The van der Waals surface area contributed by atoms with Crippen LogP contribution in [0.3, 0.4) is 0 Å². The van der Waals surface area contributed by atoms with Gasteiger partial charge in [0, 0.05) is 21.2 Å². The molecule has 0 aromatic heterocycles. The van der Waals surface area contributed by atoms with Crippen molar-refractivity contribution in [3.63, 3.8) is 0 Å². The molecule has 0 aliphatic heterocycles. The maximum atomic E-state index is 12.4. The van der Waals surface area contributed by atoms with Crippen molar-refractivity contribution in [3.05, 3.63) is 65.2 Å². The molecule has 3 rings (SSSR count). The van der Waals surface area contributed by atoms with Crippen molar-refractivity contribution in [1.82, 2.24) is 5.32 Å². The highest BCUT2D eigenvalue weighted by molar-refractivity contribution is 8.00. The highest BCUT2D eigenvalue weighted by Gasteiger charge is 2.26. The van der Waals surface area contributed by atoms with E-state index in [1.165, 1.54) is 16.0 Å². The number of thioether (sulfide) groups is 1. The molecule has 1 N–H and O–H groups in total. The van der Waals surface area contributed by atoms with E-state index in [1.54, 1.807) is 0 Å². The third-order valence-corrected chi connectivity index (χ3v) is 5.89. The molecule has 0 saturated heterocycles. The van der Waals surface area contributed by atoms with Crippen LogP contribution >= 0.6 is 11.8 Å². The molecule has 2 aromatic carbocycles. The summed E-state index contributed by atoms with van der Waals surface area (Å²) in [7, 11) is 0. The van der Waals surface area contributed by atoms with E-state index in [-0.39, 0.29) is 16.1 Å². The van der Waals surface area contributed by atoms with Crippen LogP contribution in [-0.4, -0.2) is 16.7 Å². The van der Waals surface area contributed by atoms with Crippen molar-refractivity contribution in [3.8, 4) is 0 Å². The van der Waals surface area contributed by atoms with Gasteiger partial charge >= 0.3 is 0 Å². The number of rotatable bonds is 6. The molecular weight excluding hydrogens is 350 g/mol. The quantitative estimate of drug-likeness (QED) is 0.623. The second kappa shape index (κ2) is 7.71. The smallest absolute Gasteiger partial charge is 0.251 e. The molecule has 2 nitrogen and oxygen atoms in total. The van der Waals surface area contributed by atoms with E-state index < -0.39 is 0 Å². The fourth-order valence-electron chi connectivity index (χ4n) is 3.26. The number of amides is 1. The zero-order valence-corrected chi connectivity index (χ0v) is 18.0. The Labute approximate surface area is 168 Å². The van der Waals surface area contributed by atoms with Gasteiger partial charge in [0.2, 0.25) is 0 Å². The molecule has 0 heterocycles. The molecule has 0 atom stereocenters. The molecule has 2 aromatic rings. The Morgan fingerprint density at radius 1 is 1.04 bits per heavy atom. The van der Waals surface area contributed by atoms with Gasteiger partial charge in [-0.15, -0.1) is 11.8 Å². The molecule has 1 amide bonds. The number of nitrogens with one attached hydrogen (secondary N) is 1. The number of hydrogen-bond donors (Lipinski definition) is 1. The van der Waals surface area contributed by atoms with Crippen LogP contribution in [0, 0.1) is 0 Å². The van der Waals surface area contributed by atoms with E-state index in [9.17, 15) is 4.79 Å². The minimum absolute atomic E-state index is 0.0408. The van der Waals surface area contributed by atoms with Crippen LogP contribution in [0.15, 0.2) is 53.4 Å². The van der Waals surface area contributed by atoms with Gasteiger partial charge in [-0.25, -0.2) is 0 Å². The molecule has 1 fully saturated rings. The second-order valence-electron chi connectivity index (χ2n) is 9.25. The van der Waals surface area contributed by atoms with Gasteiger partial charge in [-0.3, -0.25) is 4.79 Å². The van der Waals surface area contributed by atoms with Gasteiger partial charge in [-0.1, -0.05) is 58.9 Å². The lowest BCUT2D eigenvalue weighted by atomic mass is 9.78. The third-order valence-electron chi connectivity index (χ3n) is 4.79. The summed E-state index contributed by atoms with van der Waals surface area (Å²) in [6, 6.07) is 17.4. The van der Waals surface area contributed by atoms with E-state index in [0.717, 1.165) is 24.8 Å². The van der Waals surface area contributed by atoms with Crippen molar-refractivity contribution in [1.29, 1.82) is 0 Å². The van der Waals surface area contributed by atoms with Crippen molar-refractivity contribution >= 4 is 17.7 Å². The Kier molecular flexibility index (Phi) is 5.71. The largest absolute Gasteiger partial charge is 0.349 e. The minimum atomic E-state index is -0.0408. The standard InChI is InChI=1S/C24H31NOS/c1-23(2,3)27-21-11-6-8-17(14-21)16-24(4,5)19-10-7-9-18(15-19)22(26)25-20-12-13-20/h6-11,14-15,20H,12-13,16H2,1-5H3,(H,25,26). The normalized spacial score (nSPS) is 14.9. The summed E-state index contributed by atoms with van der Waals surface area (Å²) in [5.41, 5.74) is 3.27. The summed E-state index contributed by atoms with van der Waals surface area (Å²) in [6.07, 6.45) is 3.17. The fraction of sp³-hybridized carbons (Fsp3) is 0.458. The number of carbonyl (C=O) groups is 1. The molecule has 0 radical (unpaired) electrons. The number of benzene rings is 2. The van der Waals surface area contributed by atoms with Crippen LogP contribution in [-0.2, 0) is 11.8 Å². The van der Waals surface area contributed by atoms with Gasteiger partial charge in [0.25, 0.3) is 5.91 Å². The van der Waals surface area contributed by atoms with Crippen LogP contribution in [0.5, 0.6) is 0 Å². The van der Waals surface area contributed by atoms with Crippen LogP contribution in [0.4, 0.5) is 0 Å². The van der Waals surface area contributed by atoms with E-state index in [1.807, 2.05) is 23.9 Å². The second-order valence-corrected chi connectivity index (χ2v) is 11.2. The zero-order chi connectivity index (χ0) is 19.7. The summed E-state index contributed by atoms with van der Waals surface area (Å²) >= 11 is 1.90. The SMILES string of the molecule is CC(C)(C)Sc1cccc(CC(C)(C)c2cccc(C(=O)NC3CC3)c2)c1. The summed E-state index contributed by atoms with van der Waals surface area (Å²) in [4.78, 5) is 13.7. The van der Waals surface area contributed by atoms with Gasteiger partial charge in [0.1, 0.15) is 0 Å². The van der Waals surface area contributed by atoms with Crippen molar-refractivity contribution in [2.24, 2.45) is 0 Å². The first kappa shape index (κ1) is 20.0. The van der Waals surface area contributed by atoms with Crippen LogP contribution in [0.1, 0.15) is 68.9 Å². The average molecular weight is 382 g/mol. The lowest BCUT2D eigenvalue weighted by Gasteiger charge is -2.26. The Morgan fingerprint density at radius 3 is 2.41 bits per heavy atom. The van der Waals surface area contributed by atoms with Gasteiger partial charge < -0.3 is 5.32 Å². The lowest BCUT2D eigenvalue weighted by Crippen LogP contribution is -2.26. The average Bonchev–Trinajstić information content (AvgIpc) is 3.37. The zero-order valence-electron chi connectivity index (χ0n) is 17.1. The Morgan fingerprint density at radius 2 is 1.74 bits per heavy atom. The van der Waals surface area contributed by atoms with Crippen molar-refractivity contribution in [2.75, 3.05) is 0 Å². The fourth-order valence-corrected chi connectivity index (χ4v) is 4.33. The van der Waals surface area contributed by atoms with Crippen molar-refractivity contribution < 1.29 is 4.79 Å². The Hall–Kier alpha value is -1.74. The first-order chi connectivity index (χ1) is 12.6. The molecule has 0 spiro atoms. The van der Waals surface area contributed by atoms with Crippen molar-refractivity contribution in [2.45, 2.75) is 75.0 Å². The van der Waals surface area contributed by atoms with Crippen LogP contribution in [0.2, 0.25) is 0 Å². The topological polar surface area (TPSA) is 29.1 Å². The molecule has 144 valence electrons. The van der Waals surface area contributed by atoms with E-state index in [4.69, 9.17) is 0 Å². The number of carbonyl (C=O) groups excluding carboxylic acids is 1. The molecule has 0 bridgehead atoms. The predicted molar refractivity (Wildman–Crippen MR) is 116 cm³/mol. The molecule has 1 aliphatic rings. The van der Waals surface area contributed by atoms with Crippen LogP contribution in [0.25, 0.3) is 0 Å². The van der Waals surface area contributed by atoms with Gasteiger partial charge in [-0.2, -0.15) is 0 Å². The predicted octanol–water partition coefficient (Wildman–Crippen LogP) is 5.99. The van der Waals surface area contributed by atoms with E-state index >= 15 is 0 Å². The first-order valence-corrected chi connectivity index (χ1v) is 10.6. The third kappa shape index (κ3) is 5.87. The maximum absolute atomic E-state index is 12.4. The van der Waals surface area contributed by atoms with Gasteiger partial charge in [-0.05, 0) is 60.1 Å². The molecule has 3 heteroatoms. The summed E-state index contributed by atoms with van der Waals surface area (Å²) in [6.45, 7) is 11.2. The monoisotopic (exact) mass is 381 g/mol. The maximum Gasteiger partial charge on any atom is 0.251 e. The highest BCUT2D eigenvalue weighted by atomic mass is 32.2. The summed E-state index contributed by atoms with van der Waals surface area (Å²) < 4.78 is 0.206. The number of hydrogen-bond acceptors (Lipinski definition) is 2. The molecule has 0 unspecified atom stereocenters. The Balaban J connectivity index is 1.76. The van der Waals surface area contributed by atoms with E-state index in [0.29, 0.717) is 6.04 Å². The summed E-state index contributed by atoms with van der Waals surface area (Å²) in [5, 5.41) is 3.09. The molecular formula is C24H31NOS. The minimum Gasteiger partial charge on any atom is -0.349 e. The molecule has 1 saturated carbocycles. The van der Waals surface area contributed by atoms with Gasteiger partial charge in [0.05, 0.1) is 0 Å². The lowest BCUT2D eigenvalue weighted by molar-refractivity contribution is 0.0951. The molecule has 27 heavy (non-hydrogen) atoms. The van der Waals surface area contributed by atoms with Gasteiger partial charge in [0.15, 0.2) is 0 Å². The summed E-state index contributed by atoms with van der Waals surface area (Å²) in [5.74, 6) is 0.0544. The Bertz CT molecular complexity index is 815. The van der Waals surface area contributed by atoms with Crippen LogP contribution < -0.4 is 5.32 Å². The first-order valence-electron chi connectivity index (χ1n) is 9.82. The molecule has 1 aliphatic carbocycles.